The first-order chi connectivity index (χ1) is 10.7. The Kier molecular flexibility index (Phi) is 4.57. The van der Waals surface area contributed by atoms with Crippen LogP contribution in [0.2, 0.25) is 0 Å². The summed E-state index contributed by atoms with van der Waals surface area (Å²) in [5.41, 5.74) is 2.93. The van der Waals surface area contributed by atoms with Crippen LogP contribution in [0.4, 0.5) is 0 Å². The molecule has 0 spiro atoms. The monoisotopic (exact) mass is 301 g/mol. The summed E-state index contributed by atoms with van der Waals surface area (Å²) in [5, 5.41) is 17.4. The fourth-order valence-corrected chi connectivity index (χ4v) is 3.03. The average molecular weight is 301 g/mol. The van der Waals surface area contributed by atoms with Gasteiger partial charge < -0.3 is 9.84 Å². The number of hydrogen-bond acceptors (Lipinski definition) is 4. The molecule has 0 saturated carbocycles. The maximum Gasteiger partial charge on any atom is 0.0924 e. The Balaban J connectivity index is 1.72. The number of likely N-dealkylation sites (N-methyl/N-ethyl adjacent to an activating group) is 1. The largest absolute Gasteiger partial charge is 0.394 e. The van der Waals surface area contributed by atoms with Crippen molar-refractivity contribution in [3.8, 4) is 11.3 Å². The van der Waals surface area contributed by atoms with E-state index in [0.717, 1.165) is 36.3 Å². The highest BCUT2D eigenvalue weighted by Gasteiger charge is 2.36. The number of aliphatic hydroxyl groups excluding tert-OH is 1. The fraction of sp³-hybridized carbons (Fsp3) is 0.471. The van der Waals surface area contributed by atoms with Crippen molar-refractivity contribution in [2.45, 2.75) is 24.9 Å². The molecule has 1 aliphatic rings. The number of hydrogen-bond donors (Lipinski definition) is 2. The summed E-state index contributed by atoms with van der Waals surface area (Å²) in [6, 6.07) is 12.2. The Morgan fingerprint density at radius 3 is 2.68 bits per heavy atom. The fourth-order valence-electron chi connectivity index (χ4n) is 3.03. The minimum atomic E-state index is -0.184. The summed E-state index contributed by atoms with van der Waals surface area (Å²) in [6.07, 6.45) is 1.72. The van der Waals surface area contributed by atoms with Gasteiger partial charge in [0.25, 0.3) is 0 Å². The van der Waals surface area contributed by atoms with Gasteiger partial charge in [0, 0.05) is 36.6 Å². The first-order valence-electron chi connectivity index (χ1n) is 7.73. The van der Waals surface area contributed by atoms with Gasteiger partial charge in [-0.3, -0.25) is 10.00 Å². The van der Waals surface area contributed by atoms with Crippen LogP contribution in [0.5, 0.6) is 0 Å². The van der Waals surface area contributed by atoms with Gasteiger partial charge in [-0.15, -0.1) is 0 Å². The highest BCUT2D eigenvalue weighted by Crippen LogP contribution is 2.28. The van der Waals surface area contributed by atoms with Crippen molar-refractivity contribution < 1.29 is 9.84 Å². The van der Waals surface area contributed by atoms with Crippen LogP contribution < -0.4 is 0 Å². The maximum atomic E-state index is 9.85. The molecule has 1 aromatic carbocycles. The molecule has 0 bridgehead atoms. The van der Waals surface area contributed by atoms with Crippen LogP contribution >= 0.6 is 0 Å². The molecule has 0 aliphatic carbocycles. The molecule has 5 heteroatoms. The lowest BCUT2D eigenvalue weighted by atomic mass is 9.89. The molecule has 2 heterocycles. The molecular formula is C17H23N3O2. The second-order valence-electron chi connectivity index (χ2n) is 6.00. The van der Waals surface area contributed by atoms with Gasteiger partial charge in [-0.2, -0.15) is 5.10 Å². The third-order valence-electron chi connectivity index (χ3n) is 4.64. The highest BCUT2D eigenvalue weighted by molar-refractivity contribution is 5.58. The summed E-state index contributed by atoms with van der Waals surface area (Å²) in [6.45, 7) is 2.32. The van der Waals surface area contributed by atoms with E-state index in [1.807, 2.05) is 18.2 Å². The van der Waals surface area contributed by atoms with Crippen LogP contribution in [0.25, 0.3) is 11.3 Å². The Hall–Kier alpha value is -1.69. The number of ether oxygens (including phenoxy) is 1. The van der Waals surface area contributed by atoms with E-state index >= 15 is 0 Å². The third-order valence-corrected chi connectivity index (χ3v) is 4.64. The van der Waals surface area contributed by atoms with Gasteiger partial charge in [-0.05, 0) is 26.0 Å². The number of benzene rings is 1. The van der Waals surface area contributed by atoms with Crippen LogP contribution in [-0.2, 0) is 11.3 Å². The topological polar surface area (TPSA) is 61.4 Å². The minimum absolute atomic E-state index is 0.159. The van der Waals surface area contributed by atoms with Gasteiger partial charge >= 0.3 is 0 Å². The molecular weight excluding hydrogens is 278 g/mol. The molecule has 22 heavy (non-hydrogen) atoms. The Bertz CT molecular complexity index is 591. The molecule has 5 nitrogen and oxygen atoms in total. The summed E-state index contributed by atoms with van der Waals surface area (Å²) in [5.74, 6) is 0. The Labute approximate surface area is 130 Å². The molecule has 1 fully saturated rings. The van der Waals surface area contributed by atoms with E-state index in [-0.39, 0.29) is 12.1 Å². The normalized spacial score (nSPS) is 17.8. The van der Waals surface area contributed by atoms with Crippen LogP contribution in [0, 0.1) is 0 Å². The Morgan fingerprint density at radius 1 is 1.27 bits per heavy atom. The molecule has 2 N–H and O–H groups in total. The first-order valence-corrected chi connectivity index (χ1v) is 7.73. The van der Waals surface area contributed by atoms with Crippen molar-refractivity contribution >= 4 is 0 Å². The number of H-pyrrole nitrogens is 1. The van der Waals surface area contributed by atoms with Gasteiger partial charge in [0.05, 0.1) is 12.3 Å². The molecule has 118 valence electrons. The molecule has 0 atom stereocenters. The molecule has 1 aromatic heterocycles. The van der Waals surface area contributed by atoms with Crippen LogP contribution in [0.1, 0.15) is 18.5 Å². The van der Waals surface area contributed by atoms with Gasteiger partial charge in [-0.1, -0.05) is 30.3 Å². The molecule has 3 rings (SSSR count). The van der Waals surface area contributed by atoms with E-state index in [0.29, 0.717) is 13.2 Å². The van der Waals surface area contributed by atoms with Crippen molar-refractivity contribution in [2.24, 2.45) is 0 Å². The molecule has 0 amide bonds. The number of aliphatic hydroxyl groups is 1. The lowest BCUT2D eigenvalue weighted by molar-refractivity contribution is -0.0497. The molecule has 0 radical (unpaired) electrons. The summed E-state index contributed by atoms with van der Waals surface area (Å²) < 4.78 is 5.43. The smallest absolute Gasteiger partial charge is 0.0924 e. The van der Waals surface area contributed by atoms with Crippen molar-refractivity contribution in [3.05, 3.63) is 42.1 Å². The number of aromatic nitrogens is 2. The predicted octanol–water partition coefficient (Wildman–Crippen LogP) is 2.05. The van der Waals surface area contributed by atoms with Crippen molar-refractivity contribution in [1.82, 2.24) is 15.1 Å². The van der Waals surface area contributed by atoms with Crippen molar-refractivity contribution in [2.75, 3.05) is 26.9 Å². The van der Waals surface area contributed by atoms with Crippen LogP contribution in [0.15, 0.2) is 36.4 Å². The summed E-state index contributed by atoms with van der Waals surface area (Å²) >= 11 is 0. The minimum Gasteiger partial charge on any atom is -0.394 e. The van der Waals surface area contributed by atoms with Crippen LogP contribution in [-0.4, -0.2) is 52.6 Å². The zero-order valence-electron chi connectivity index (χ0n) is 13.0. The number of aromatic amines is 1. The molecule has 0 unspecified atom stereocenters. The zero-order chi connectivity index (χ0) is 15.4. The van der Waals surface area contributed by atoms with Crippen molar-refractivity contribution in [3.63, 3.8) is 0 Å². The van der Waals surface area contributed by atoms with Crippen molar-refractivity contribution in [1.29, 1.82) is 0 Å². The molecule has 2 aromatic rings. The lowest BCUT2D eigenvalue weighted by Gasteiger charge is -2.43. The van der Waals surface area contributed by atoms with E-state index in [2.05, 4.69) is 40.3 Å². The van der Waals surface area contributed by atoms with E-state index in [9.17, 15) is 5.11 Å². The molecule has 1 aliphatic heterocycles. The number of rotatable bonds is 5. The second-order valence-corrected chi connectivity index (χ2v) is 6.00. The number of nitrogens with zero attached hydrogens (tertiary/aromatic N) is 2. The highest BCUT2D eigenvalue weighted by atomic mass is 16.5. The second kappa shape index (κ2) is 6.60. The maximum absolute atomic E-state index is 9.85. The third kappa shape index (κ3) is 3.06. The molecule has 1 saturated heterocycles. The summed E-state index contributed by atoms with van der Waals surface area (Å²) in [7, 11) is 2.06. The number of nitrogens with one attached hydrogen (secondary N) is 1. The predicted molar refractivity (Wildman–Crippen MR) is 85.4 cm³/mol. The lowest BCUT2D eigenvalue weighted by Crippen LogP contribution is -2.52. The van der Waals surface area contributed by atoms with E-state index < -0.39 is 0 Å². The Morgan fingerprint density at radius 2 is 2.00 bits per heavy atom. The van der Waals surface area contributed by atoms with Gasteiger partial charge in [0.2, 0.25) is 0 Å². The first kappa shape index (κ1) is 15.2. The van der Waals surface area contributed by atoms with Gasteiger partial charge in [0.1, 0.15) is 0 Å². The standard InChI is InChI=1S/C17H23N3O2/c1-20(17(13-21)7-9-22-10-8-17)12-15-11-16(19-18-15)14-5-3-2-4-6-14/h2-6,11,21H,7-10,12-13H2,1H3,(H,18,19). The average Bonchev–Trinajstić information content (AvgIpc) is 3.05. The quantitative estimate of drug-likeness (QED) is 0.887. The van der Waals surface area contributed by atoms with Gasteiger partial charge in [-0.25, -0.2) is 0 Å². The van der Waals surface area contributed by atoms with E-state index in [1.165, 1.54) is 0 Å². The summed E-state index contributed by atoms with van der Waals surface area (Å²) in [4.78, 5) is 2.22. The van der Waals surface area contributed by atoms with Crippen LogP contribution in [0.3, 0.4) is 0 Å². The zero-order valence-corrected chi connectivity index (χ0v) is 13.0. The SMILES string of the molecule is CN(Cc1cc(-c2ccccc2)n[nH]1)C1(CO)CCOCC1. The van der Waals surface area contributed by atoms with E-state index in [4.69, 9.17) is 4.74 Å². The van der Waals surface area contributed by atoms with E-state index in [1.54, 1.807) is 0 Å². The van der Waals surface area contributed by atoms with Gasteiger partial charge in [0.15, 0.2) is 0 Å².